The second-order valence-electron chi connectivity index (χ2n) is 4.85. The zero-order valence-corrected chi connectivity index (χ0v) is 10.2. The zero-order valence-electron chi connectivity index (χ0n) is 10.2. The predicted molar refractivity (Wildman–Crippen MR) is 65.2 cm³/mol. The molecule has 3 nitrogen and oxygen atoms in total. The number of nitrogens with two attached hydrogens (primary N) is 1. The Labute approximate surface area is 98.0 Å². The lowest BCUT2D eigenvalue weighted by Gasteiger charge is -2.24. The summed E-state index contributed by atoms with van der Waals surface area (Å²) in [7, 11) is 0. The maximum absolute atomic E-state index is 12.0. The van der Waals surface area contributed by atoms with Crippen LogP contribution in [0.1, 0.15) is 39.0 Å². The minimum absolute atomic E-state index is 0.131. The van der Waals surface area contributed by atoms with E-state index in [9.17, 15) is 4.79 Å². The smallest absolute Gasteiger partial charge is 0.142 e. The Bertz CT molecular complexity index is 252. The van der Waals surface area contributed by atoms with Crippen LogP contribution in [0.5, 0.6) is 0 Å². The van der Waals surface area contributed by atoms with Crippen LogP contribution in [-0.4, -0.2) is 25.0 Å². The number of ether oxygens (including phenoxy) is 1. The Kier molecular flexibility index (Phi) is 5.16. The molecule has 1 aliphatic heterocycles. The zero-order chi connectivity index (χ0) is 12.0. The Morgan fingerprint density at radius 2 is 2.31 bits per heavy atom. The molecule has 2 unspecified atom stereocenters. The van der Waals surface area contributed by atoms with E-state index in [2.05, 4.69) is 6.58 Å². The standard InChI is InChI=1S/C13H23NO2/c1-3-4-5-6-7-8-12(15)13(2)10-16-9-11(13)14/h3,11H,1,4-10,14H2,2H3. The maximum Gasteiger partial charge on any atom is 0.142 e. The van der Waals surface area contributed by atoms with E-state index in [0.717, 1.165) is 25.7 Å². The third-order valence-corrected chi connectivity index (χ3v) is 3.47. The van der Waals surface area contributed by atoms with Crippen molar-refractivity contribution in [3.8, 4) is 0 Å². The first kappa shape index (κ1) is 13.4. The number of hydrogen-bond acceptors (Lipinski definition) is 3. The van der Waals surface area contributed by atoms with Gasteiger partial charge in [0.05, 0.1) is 18.6 Å². The van der Waals surface area contributed by atoms with Gasteiger partial charge in [0.2, 0.25) is 0 Å². The van der Waals surface area contributed by atoms with Crippen molar-refractivity contribution in [2.24, 2.45) is 11.1 Å². The molecule has 0 aromatic heterocycles. The van der Waals surface area contributed by atoms with Gasteiger partial charge in [-0.15, -0.1) is 6.58 Å². The van der Waals surface area contributed by atoms with Crippen molar-refractivity contribution in [3.05, 3.63) is 12.7 Å². The average Bonchev–Trinajstić information content (AvgIpc) is 2.60. The predicted octanol–water partition coefficient (Wildman–Crippen LogP) is 2.06. The van der Waals surface area contributed by atoms with Crippen LogP contribution in [0.4, 0.5) is 0 Å². The second-order valence-corrected chi connectivity index (χ2v) is 4.85. The van der Waals surface area contributed by atoms with Gasteiger partial charge < -0.3 is 10.5 Å². The molecular weight excluding hydrogens is 202 g/mol. The van der Waals surface area contributed by atoms with E-state index >= 15 is 0 Å². The van der Waals surface area contributed by atoms with Gasteiger partial charge in [-0.25, -0.2) is 0 Å². The molecule has 1 rings (SSSR count). The Morgan fingerprint density at radius 1 is 1.56 bits per heavy atom. The lowest BCUT2D eigenvalue weighted by Crippen LogP contribution is -2.44. The van der Waals surface area contributed by atoms with Gasteiger partial charge in [-0.1, -0.05) is 12.5 Å². The number of carbonyl (C=O) groups excluding carboxylic acids is 1. The summed E-state index contributed by atoms with van der Waals surface area (Å²) >= 11 is 0. The molecule has 0 radical (unpaired) electrons. The quantitative estimate of drug-likeness (QED) is 0.533. The monoisotopic (exact) mass is 225 g/mol. The number of hydrogen-bond donors (Lipinski definition) is 1. The number of Topliss-reactive ketones (excluding diaryl/α,β-unsaturated/α-hetero) is 1. The molecular formula is C13H23NO2. The van der Waals surface area contributed by atoms with Crippen molar-refractivity contribution >= 4 is 5.78 Å². The molecule has 0 saturated carbocycles. The van der Waals surface area contributed by atoms with Crippen molar-refractivity contribution in [2.75, 3.05) is 13.2 Å². The van der Waals surface area contributed by atoms with Crippen molar-refractivity contribution in [3.63, 3.8) is 0 Å². The largest absolute Gasteiger partial charge is 0.379 e. The van der Waals surface area contributed by atoms with Crippen molar-refractivity contribution in [1.29, 1.82) is 0 Å². The highest BCUT2D eigenvalue weighted by Crippen LogP contribution is 2.30. The second kappa shape index (κ2) is 6.16. The summed E-state index contributed by atoms with van der Waals surface area (Å²) in [4.78, 5) is 12.0. The summed E-state index contributed by atoms with van der Waals surface area (Å²) in [5.74, 6) is 0.260. The highest BCUT2D eigenvalue weighted by Gasteiger charge is 2.43. The van der Waals surface area contributed by atoms with E-state index < -0.39 is 5.41 Å². The first-order valence-corrected chi connectivity index (χ1v) is 6.09. The normalized spacial score (nSPS) is 29.2. The van der Waals surface area contributed by atoms with E-state index in [-0.39, 0.29) is 11.8 Å². The first-order valence-electron chi connectivity index (χ1n) is 6.09. The van der Waals surface area contributed by atoms with Crippen molar-refractivity contribution < 1.29 is 9.53 Å². The summed E-state index contributed by atoms with van der Waals surface area (Å²) in [5.41, 5.74) is 5.46. The minimum atomic E-state index is -0.446. The van der Waals surface area contributed by atoms with Crippen LogP contribution >= 0.6 is 0 Å². The molecule has 0 spiro atoms. The third-order valence-electron chi connectivity index (χ3n) is 3.47. The fourth-order valence-electron chi connectivity index (χ4n) is 2.01. The van der Waals surface area contributed by atoms with E-state index in [4.69, 9.17) is 10.5 Å². The minimum Gasteiger partial charge on any atom is -0.379 e. The lowest BCUT2D eigenvalue weighted by atomic mass is 9.79. The molecule has 0 aliphatic carbocycles. The number of unbranched alkanes of at least 4 members (excludes halogenated alkanes) is 3. The van der Waals surface area contributed by atoms with Gasteiger partial charge in [-0.05, 0) is 26.2 Å². The summed E-state index contributed by atoms with van der Waals surface area (Å²) < 4.78 is 5.28. The van der Waals surface area contributed by atoms with E-state index in [1.165, 1.54) is 0 Å². The molecule has 92 valence electrons. The summed E-state index contributed by atoms with van der Waals surface area (Å²) in [5, 5.41) is 0. The summed E-state index contributed by atoms with van der Waals surface area (Å²) in [6.45, 7) is 6.60. The molecule has 1 aliphatic rings. The first-order chi connectivity index (χ1) is 7.61. The van der Waals surface area contributed by atoms with Gasteiger partial charge in [-0.3, -0.25) is 4.79 Å². The molecule has 0 aromatic rings. The fourth-order valence-corrected chi connectivity index (χ4v) is 2.01. The van der Waals surface area contributed by atoms with Gasteiger partial charge >= 0.3 is 0 Å². The average molecular weight is 225 g/mol. The SMILES string of the molecule is C=CCCCCCC(=O)C1(C)COCC1N. The van der Waals surface area contributed by atoms with Gasteiger partial charge in [-0.2, -0.15) is 0 Å². The molecule has 0 bridgehead atoms. The highest BCUT2D eigenvalue weighted by molar-refractivity contribution is 5.85. The van der Waals surface area contributed by atoms with Crippen LogP contribution in [0.3, 0.4) is 0 Å². The van der Waals surface area contributed by atoms with Crippen LogP contribution in [0.2, 0.25) is 0 Å². The number of rotatable bonds is 7. The molecule has 16 heavy (non-hydrogen) atoms. The van der Waals surface area contributed by atoms with Crippen LogP contribution in [0, 0.1) is 5.41 Å². The van der Waals surface area contributed by atoms with E-state index in [1.807, 2.05) is 13.0 Å². The number of carbonyl (C=O) groups is 1. The molecule has 2 atom stereocenters. The Balaban J connectivity index is 2.26. The van der Waals surface area contributed by atoms with Gasteiger partial charge in [0.25, 0.3) is 0 Å². The Hall–Kier alpha value is -0.670. The van der Waals surface area contributed by atoms with Crippen LogP contribution < -0.4 is 5.73 Å². The number of ketones is 1. The van der Waals surface area contributed by atoms with Crippen LogP contribution in [-0.2, 0) is 9.53 Å². The molecule has 1 fully saturated rings. The summed E-state index contributed by atoms with van der Waals surface area (Å²) in [6, 6.07) is -0.131. The van der Waals surface area contributed by atoms with Gasteiger partial charge in [0.1, 0.15) is 5.78 Å². The molecule has 3 heteroatoms. The Morgan fingerprint density at radius 3 is 2.88 bits per heavy atom. The molecule has 2 N–H and O–H groups in total. The van der Waals surface area contributed by atoms with E-state index in [0.29, 0.717) is 19.6 Å². The van der Waals surface area contributed by atoms with Gasteiger partial charge in [0.15, 0.2) is 0 Å². The van der Waals surface area contributed by atoms with E-state index in [1.54, 1.807) is 0 Å². The highest BCUT2D eigenvalue weighted by atomic mass is 16.5. The third kappa shape index (κ3) is 3.16. The summed E-state index contributed by atoms with van der Waals surface area (Å²) in [6.07, 6.45) is 6.75. The molecule has 1 heterocycles. The lowest BCUT2D eigenvalue weighted by molar-refractivity contribution is -0.128. The van der Waals surface area contributed by atoms with Crippen LogP contribution in [0.15, 0.2) is 12.7 Å². The molecule has 0 aromatic carbocycles. The fraction of sp³-hybridized carbons (Fsp3) is 0.769. The van der Waals surface area contributed by atoms with Crippen molar-refractivity contribution in [2.45, 2.75) is 45.1 Å². The van der Waals surface area contributed by atoms with Crippen molar-refractivity contribution in [1.82, 2.24) is 0 Å². The topological polar surface area (TPSA) is 52.3 Å². The van der Waals surface area contributed by atoms with Gasteiger partial charge in [0, 0.05) is 12.5 Å². The number of allylic oxidation sites excluding steroid dienone is 1. The molecule has 0 amide bonds. The molecule has 1 saturated heterocycles. The maximum atomic E-state index is 12.0. The van der Waals surface area contributed by atoms with Crippen LogP contribution in [0.25, 0.3) is 0 Å².